The molecule has 0 saturated carbocycles. The summed E-state index contributed by atoms with van der Waals surface area (Å²) < 4.78 is 23.0. The molecule has 1 saturated heterocycles. The number of ether oxygens (including phenoxy) is 4. The molecule has 2 aliphatic heterocycles. The number of hydrogen-bond donors (Lipinski definition) is 2. The molecule has 3 atom stereocenters. The first-order chi connectivity index (χ1) is 16.4. The van der Waals surface area contributed by atoms with Gasteiger partial charge in [-0.1, -0.05) is 12.1 Å². The van der Waals surface area contributed by atoms with Crippen molar-refractivity contribution in [3.8, 4) is 17.2 Å². The number of anilines is 1. The second kappa shape index (κ2) is 10.1. The van der Waals surface area contributed by atoms with Crippen molar-refractivity contribution in [3.63, 3.8) is 0 Å². The Morgan fingerprint density at radius 3 is 2.68 bits per heavy atom. The number of nitrogens with one attached hydrogen (secondary N) is 2. The number of benzene rings is 2. The van der Waals surface area contributed by atoms with Gasteiger partial charge in [0.15, 0.2) is 22.3 Å². The number of methoxy groups -OCH3 is 2. The van der Waals surface area contributed by atoms with Gasteiger partial charge in [0.1, 0.15) is 11.7 Å². The number of carbonyl (C=O) groups is 1. The maximum Gasteiger partial charge on any atom is 0.236 e. The van der Waals surface area contributed by atoms with Crippen molar-refractivity contribution in [1.82, 2.24) is 10.2 Å². The first-order valence-electron chi connectivity index (χ1n) is 11.4. The highest BCUT2D eigenvalue weighted by atomic mass is 32.1. The molecule has 34 heavy (non-hydrogen) atoms. The van der Waals surface area contributed by atoms with Crippen molar-refractivity contribution >= 4 is 28.9 Å². The van der Waals surface area contributed by atoms with Gasteiger partial charge in [-0.3, -0.25) is 4.79 Å². The summed E-state index contributed by atoms with van der Waals surface area (Å²) in [6.45, 7) is 5.50. The van der Waals surface area contributed by atoms with E-state index in [9.17, 15) is 4.79 Å². The Balaban J connectivity index is 1.73. The van der Waals surface area contributed by atoms with Crippen LogP contribution in [0.2, 0.25) is 0 Å². The lowest BCUT2D eigenvalue weighted by Crippen LogP contribution is -2.71. The Kier molecular flexibility index (Phi) is 7.13. The van der Waals surface area contributed by atoms with E-state index in [4.69, 9.17) is 31.2 Å². The van der Waals surface area contributed by atoms with Crippen molar-refractivity contribution in [1.29, 1.82) is 0 Å². The topological polar surface area (TPSA) is 81.3 Å². The van der Waals surface area contributed by atoms with Crippen LogP contribution in [0, 0.1) is 5.92 Å². The minimum atomic E-state index is -1.03. The Labute approximate surface area is 205 Å². The Morgan fingerprint density at radius 1 is 1.24 bits per heavy atom. The SMILES string of the molecule is CCOc1cccc2c1O[C@@]1(C)[C@@H](C(=O)Nc3ccc(OC)cc3)[C@H]2NC(=S)N1CCCOC. The van der Waals surface area contributed by atoms with Crippen LogP contribution in [-0.2, 0) is 9.53 Å². The summed E-state index contributed by atoms with van der Waals surface area (Å²) in [6, 6.07) is 12.6. The summed E-state index contributed by atoms with van der Waals surface area (Å²) in [5.74, 6) is 1.25. The molecule has 0 spiro atoms. The molecule has 0 unspecified atom stereocenters. The highest BCUT2D eigenvalue weighted by Gasteiger charge is 2.59. The number of para-hydroxylation sites is 1. The van der Waals surface area contributed by atoms with Gasteiger partial charge in [0.05, 0.1) is 19.8 Å². The van der Waals surface area contributed by atoms with Crippen LogP contribution in [0.1, 0.15) is 31.9 Å². The summed E-state index contributed by atoms with van der Waals surface area (Å²) in [5, 5.41) is 7.01. The molecule has 1 fully saturated rings. The summed E-state index contributed by atoms with van der Waals surface area (Å²) in [5.41, 5.74) is 0.490. The van der Waals surface area contributed by atoms with E-state index < -0.39 is 11.6 Å². The van der Waals surface area contributed by atoms with E-state index in [0.717, 1.165) is 17.7 Å². The third-order valence-electron chi connectivity index (χ3n) is 6.29. The van der Waals surface area contributed by atoms with E-state index in [2.05, 4.69) is 10.6 Å². The van der Waals surface area contributed by atoms with Crippen molar-refractivity contribution in [3.05, 3.63) is 48.0 Å². The molecule has 2 N–H and O–H groups in total. The molecule has 2 aromatic rings. The fraction of sp³-hybridized carbons (Fsp3) is 0.440. The number of fused-ring (bicyclic) bond motifs is 4. The average molecular weight is 486 g/mol. The lowest BCUT2D eigenvalue weighted by molar-refractivity contribution is -0.150. The van der Waals surface area contributed by atoms with Crippen molar-refractivity contribution in [2.75, 3.05) is 39.3 Å². The maximum atomic E-state index is 13.8. The normalized spacial score (nSPS) is 22.8. The van der Waals surface area contributed by atoms with E-state index in [1.54, 1.807) is 14.2 Å². The first-order valence-corrected chi connectivity index (χ1v) is 11.8. The van der Waals surface area contributed by atoms with Gasteiger partial charge >= 0.3 is 0 Å². The molecule has 8 nitrogen and oxygen atoms in total. The molecule has 4 rings (SSSR count). The second-order valence-electron chi connectivity index (χ2n) is 8.38. The minimum absolute atomic E-state index is 0.170. The molecule has 2 heterocycles. The van der Waals surface area contributed by atoms with E-state index in [1.807, 2.05) is 61.2 Å². The van der Waals surface area contributed by atoms with Crippen LogP contribution in [0.3, 0.4) is 0 Å². The molecular formula is C25H31N3O5S. The van der Waals surface area contributed by atoms with Crippen LogP contribution in [0.5, 0.6) is 17.2 Å². The van der Waals surface area contributed by atoms with Crippen molar-refractivity contribution in [2.45, 2.75) is 32.0 Å². The van der Waals surface area contributed by atoms with Crippen LogP contribution >= 0.6 is 12.2 Å². The first kappa shape index (κ1) is 24.1. The van der Waals surface area contributed by atoms with Crippen LogP contribution in [0.25, 0.3) is 0 Å². The fourth-order valence-corrected chi connectivity index (χ4v) is 5.09. The number of rotatable bonds is 9. The molecule has 2 bridgehead atoms. The average Bonchev–Trinajstić information content (AvgIpc) is 2.82. The van der Waals surface area contributed by atoms with Gasteiger partial charge < -0.3 is 34.5 Å². The van der Waals surface area contributed by atoms with Crippen molar-refractivity contribution in [2.24, 2.45) is 5.92 Å². The highest BCUT2D eigenvalue weighted by molar-refractivity contribution is 7.80. The molecular weight excluding hydrogens is 454 g/mol. The highest BCUT2D eigenvalue weighted by Crippen LogP contribution is 2.51. The van der Waals surface area contributed by atoms with Gasteiger partial charge in [-0.15, -0.1) is 0 Å². The maximum absolute atomic E-state index is 13.8. The van der Waals surface area contributed by atoms with Gasteiger partial charge in [-0.2, -0.15) is 0 Å². The quantitative estimate of drug-likeness (QED) is 0.411. The van der Waals surface area contributed by atoms with Crippen LogP contribution in [0.15, 0.2) is 42.5 Å². The van der Waals surface area contributed by atoms with Gasteiger partial charge in [-0.25, -0.2) is 0 Å². The van der Waals surface area contributed by atoms with E-state index >= 15 is 0 Å². The zero-order valence-corrected chi connectivity index (χ0v) is 20.7. The smallest absolute Gasteiger partial charge is 0.236 e. The summed E-state index contributed by atoms with van der Waals surface area (Å²) >= 11 is 5.73. The predicted molar refractivity (Wildman–Crippen MR) is 133 cm³/mol. The van der Waals surface area contributed by atoms with Gasteiger partial charge in [0.2, 0.25) is 5.91 Å². The third kappa shape index (κ3) is 4.37. The molecule has 182 valence electrons. The summed E-state index contributed by atoms with van der Waals surface area (Å²) in [6.07, 6.45) is 0.731. The number of hydrogen-bond acceptors (Lipinski definition) is 6. The number of thiocarbonyl (C=S) groups is 1. The van der Waals surface area contributed by atoms with Crippen LogP contribution in [0.4, 0.5) is 5.69 Å². The molecule has 0 aromatic heterocycles. The van der Waals surface area contributed by atoms with Crippen LogP contribution in [-0.4, -0.2) is 55.6 Å². The summed E-state index contributed by atoms with van der Waals surface area (Å²) in [7, 11) is 3.27. The lowest BCUT2D eigenvalue weighted by Gasteiger charge is -2.56. The molecule has 2 aromatic carbocycles. The Morgan fingerprint density at radius 2 is 2.00 bits per heavy atom. The van der Waals surface area contributed by atoms with Gasteiger partial charge in [-0.05, 0) is 62.8 Å². The second-order valence-corrected chi connectivity index (χ2v) is 8.77. The monoisotopic (exact) mass is 485 g/mol. The van der Waals surface area contributed by atoms with Gasteiger partial charge in [0.25, 0.3) is 0 Å². The van der Waals surface area contributed by atoms with Crippen molar-refractivity contribution < 1.29 is 23.7 Å². The standard InChI is InChI=1S/C25H31N3O5S/c1-5-32-19-9-6-8-18-21-20(23(29)26-16-10-12-17(31-4)13-11-16)25(2,33-22(18)19)28(24(34)27-21)14-7-15-30-3/h6,8-13,20-21H,5,7,14-15H2,1-4H3,(H,26,29)(H,27,34)/t20-,21+,25+/m1/s1. The van der Waals surface area contributed by atoms with Crippen LogP contribution < -0.4 is 24.8 Å². The summed E-state index contributed by atoms with van der Waals surface area (Å²) in [4.78, 5) is 15.7. The zero-order chi connectivity index (χ0) is 24.3. The number of carbonyl (C=O) groups excluding carboxylic acids is 1. The Bertz CT molecular complexity index is 1050. The molecule has 1 amide bonds. The predicted octanol–water partition coefficient (Wildman–Crippen LogP) is 3.73. The minimum Gasteiger partial charge on any atom is -0.497 e. The molecule has 9 heteroatoms. The third-order valence-corrected chi connectivity index (χ3v) is 6.63. The largest absolute Gasteiger partial charge is 0.497 e. The van der Waals surface area contributed by atoms with E-state index in [1.165, 1.54) is 0 Å². The molecule has 0 aliphatic carbocycles. The lowest BCUT2D eigenvalue weighted by atomic mass is 9.78. The number of amides is 1. The fourth-order valence-electron chi connectivity index (χ4n) is 4.69. The molecule has 2 aliphatic rings. The van der Waals surface area contributed by atoms with Gasteiger partial charge in [0, 0.05) is 31.5 Å². The van der Waals surface area contributed by atoms with E-state index in [-0.39, 0.29) is 11.9 Å². The Hall–Kier alpha value is -3.04. The zero-order valence-electron chi connectivity index (χ0n) is 19.9. The molecule has 0 radical (unpaired) electrons. The van der Waals surface area contributed by atoms with E-state index in [0.29, 0.717) is 42.1 Å². The number of nitrogens with zero attached hydrogens (tertiary/aromatic N) is 1.